The summed E-state index contributed by atoms with van der Waals surface area (Å²) in [5.41, 5.74) is 0. The van der Waals surface area contributed by atoms with Gasteiger partial charge in [0.1, 0.15) is 0 Å². The van der Waals surface area contributed by atoms with E-state index in [0.717, 1.165) is 19.4 Å². The van der Waals surface area contributed by atoms with E-state index in [1.165, 1.54) is 7.05 Å². The van der Waals surface area contributed by atoms with Crippen LogP contribution >= 0.6 is 0 Å². The molecule has 11 heavy (non-hydrogen) atoms. The summed E-state index contributed by atoms with van der Waals surface area (Å²) in [5.74, 6) is 0. The Hall–Kier alpha value is -0.130. The molecule has 1 unspecified atom stereocenters. The van der Waals surface area contributed by atoms with E-state index in [1.54, 1.807) is 0 Å². The molecular formula is C6H14N2O2S. The minimum absolute atomic E-state index is 0.235. The summed E-state index contributed by atoms with van der Waals surface area (Å²) >= 11 is 0. The van der Waals surface area contributed by atoms with Crippen LogP contribution < -0.4 is 10.0 Å². The average molecular weight is 178 g/mol. The van der Waals surface area contributed by atoms with Crippen molar-refractivity contribution in [3.8, 4) is 0 Å². The Morgan fingerprint density at radius 3 is 2.73 bits per heavy atom. The van der Waals surface area contributed by atoms with Crippen LogP contribution in [-0.2, 0) is 10.0 Å². The van der Waals surface area contributed by atoms with Gasteiger partial charge in [-0.05, 0) is 26.4 Å². The maximum absolute atomic E-state index is 11.2. The summed E-state index contributed by atoms with van der Waals surface area (Å²) in [5, 5.41) is 2.82. The minimum atomic E-state index is -3.03. The van der Waals surface area contributed by atoms with Crippen molar-refractivity contribution >= 4 is 10.0 Å². The lowest BCUT2D eigenvalue weighted by Crippen LogP contribution is -2.43. The van der Waals surface area contributed by atoms with Crippen LogP contribution in [0.4, 0.5) is 0 Å². The number of hydrogen-bond donors (Lipinski definition) is 2. The van der Waals surface area contributed by atoms with Gasteiger partial charge in [-0.3, -0.25) is 0 Å². The largest absolute Gasteiger partial charge is 0.315 e. The zero-order valence-corrected chi connectivity index (χ0v) is 7.45. The minimum Gasteiger partial charge on any atom is -0.315 e. The SMILES string of the molecule is CNS(=O)(=O)C1CCCNC1. The third-order valence-electron chi connectivity index (χ3n) is 1.98. The van der Waals surface area contributed by atoms with Crippen molar-refractivity contribution in [3.05, 3.63) is 0 Å². The second kappa shape index (κ2) is 3.51. The fourth-order valence-electron chi connectivity index (χ4n) is 1.25. The summed E-state index contributed by atoms with van der Waals surface area (Å²) in [6.07, 6.45) is 1.72. The fraction of sp³-hybridized carbons (Fsp3) is 1.00. The Bertz CT molecular complexity index is 207. The smallest absolute Gasteiger partial charge is 0.215 e. The van der Waals surface area contributed by atoms with Crippen molar-refractivity contribution in [2.24, 2.45) is 0 Å². The molecule has 1 saturated heterocycles. The molecule has 0 aliphatic carbocycles. The molecule has 1 fully saturated rings. The third-order valence-corrected chi connectivity index (χ3v) is 3.82. The van der Waals surface area contributed by atoms with Gasteiger partial charge in [0.05, 0.1) is 5.25 Å². The first-order chi connectivity index (χ1) is 5.17. The molecule has 0 bridgehead atoms. The molecular weight excluding hydrogens is 164 g/mol. The molecule has 0 amide bonds. The molecule has 1 heterocycles. The van der Waals surface area contributed by atoms with Crippen LogP contribution in [0, 0.1) is 0 Å². The van der Waals surface area contributed by atoms with Crippen molar-refractivity contribution in [1.82, 2.24) is 10.0 Å². The zero-order valence-electron chi connectivity index (χ0n) is 6.63. The van der Waals surface area contributed by atoms with Crippen LogP contribution in [0.1, 0.15) is 12.8 Å². The van der Waals surface area contributed by atoms with Crippen molar-refractivity contribution in [2.75, 3.05) is 20.1 Å². The first-order valence-corrected chi connectivity index (χ1v) is 5.34. The second-order valence-electron chi connectivity index (χ2n) is 2.72. The molecule has 1 atom stereocenters. The standard InChI is InChI=1S/C6H14N2O2S/c1-7-11(9,10)6-3-2-4-8-5-6/h6-8H,2-5H2,1H3. The molecule has 0 spiro atoms. The number of nitrogens with one attached hydrogen (secondary N) is 2. The molecule has 0 aromatic carbocycles. The van der Waals surface area contributed by atoms with E-state index < -0.39 is 10.0 Å². The van der Waals surface area contributed by atoms with Gasteiger partial charge < -0.3 is 5.32 Å². The van der Waals surface area contributed by atoms with E-state index in [9.17, 15) is 8.42 Å². The molecule has 1 aliphatic rings. The summed E-state index contributed by atoms with van der Waals surface area (Å²) in [6.45, 7) is 1.53. The van der Waals surface area contributed by atoms with Crippen LogP contribution in [0.15, 0.2) is 0 Å². The first kappa shape index (κ1) is 8.96. The molecule has 0 saturated carbocycles. The Balaban J connectivity index is 2.58. The maximum atomic E-state index is 11.2. The summed E-state index contributed by atoms with van der Waals surface area (Å²) < 4.78 is 24.7. The quantitative estimate of drug-likeness (QED) is 0.587. The van der Waals surface area contributed by atoms with Crippen molar-refractivity contribution in [3.63, 3.8) is 0 Å². The second-order valence-corrected chi connectivity index (χ2v) is 4.88. The normalized spacial score (nSPS) is 26.8. The van der Waals surface area contributed by atoms with E-state index in [1.807, 2.05) is 0 Å². The van der Waals surface area contributed by atoms with Crippen molar-refractivity contribution in [2.45, 2.75) is 18.1 Å². The van der Waals surface area contributed by atoms with E-state index >= 15 is 0 Å². The molecule has 66 valence electrons. The Labute approximate surface area is 67.4 Å². The lowest BCUT2D eigenvalue weighted by Gasteiger charge is -2.21. The van der Waals surface area contributed by atoms with Gasteiger partial charge in [-0.15, -0.1) is 0 Å². The van der Waals surface area contributed by atoms with Crippen LogP contribution in [-0.4, -0.2) is 33.8 Å². The topological polar surface area (TPSA) is 58.2 Å². The number of rotatable bonds is 2. The summed E-state index contributed by atoms with van der Waals surface area (Å²) in [4.78, 5) is 0. The number of piperidine rings is 1. The average Bonchev–Trinajstić information content (AvgIpc) is 2.06. The lowest BCUT2D eigenvalue weighted by molar-refractivity contribution is 0.493. The molecule has 0 radical (unpaired) electrons. The lowest BCUT2D eigenvalue weighted by atomic mass is 10.2. The highest BCUT2D eigenvalue weighted by Crippen LogP contribution is 2.09. The van der Waals surface area contributed by atoms with E-state index in [0.29, 0.717) is 6.54 Å². The Kier molecular flexibility index (Phi) is 2.86. The third kappa shape index (κ3) is 2.15. The molecule has 0 aromatic heterocycles. The van der Waals surface area contributed by atoms with E-state index in [2.05, 4.69) is 10.0 Å². The molecule has 5 heteroatoms. The van der Waals surface area contributed by atoms with Crippen molar-refractivity contribution in [1.29, 1.82) is 0 Å². The van der Waals surface area contributed by atoms with Gasteiger partial charge in [0, 0.05) is 6.54 Å². The maximum Gasteiger partial charge on any atom is 0.215 e. The van der Waals surface area contributed by atoms with Gasteiger partial charge >= 0.3 is 0 Å². The summed E-state index contributed by atoms with van der Waals surface area (Å²) in [7, 11) is -1.57. The van der Waals surface area contributed by atoms with Gasteiger partial charge in [-0.25, -0.2) is 13.1 Å². The van der Waals surface area contributed by atoms with Crippen LogP contribution in [0.25, 0.3) is 0 Å². The highest BCUT2D eigenvalue weighted by molar-refractivity contribution is 7.90. The van der Waals surface area contributed by atoms with Gasteiger partial charge in [-0.1, -0.05) is 0 Å². The number of hydrogen-bond acceptors (Lipinski definition) is 3. The number of sulfonamides is 1. The van der Waals surface area contributed by atoms with Crippen LogP contribution in [0.3, 0.4) is 0 Å². The van der Waals surface area contributed by atoms with E-state index in [4.69, 9.17) is 0 Å². The molecule has 0 aromatic rings. The predicted octanol–water partition coefficient (Wildman–Crippen LogP) is -0.712. The van der Waals surface area contributed by atoms with Gasteiger partial charge in [0.25, 0.3) is 0 Å². The Morgan fingerprint density at radius 1 is 1.55 bits per heavy atom. The zero-order chi connectivity index (χ0) is 8.32. The van der Waals surface area contributed by atoms with E-state index in [-0.39, 0.29) is 5.25 Å². The highest BCUT2D eigenvalue weighted by Gasteiger charge is 2.24. The van der Waals surface area contributed by atoms with Gasteiger partial charge in [-0.2, -0.15) is 0 Å². The molecule has 2 N–H and O–H groups in total. The fourth-order valence-corrected chi connectivity index (χ4v) is 2.40. The molecule has 1 rings (SSSR count). The van der Waals surface area contributed by atoms with Gasteiger partial charge in [0.15, 0.2) is 0 Å². The predicted molar refractivity (Wildman–Crippen MR) is 43.9 cm³/mol. The van der Waals surface area contributed by atoms with Gasteiger partial charge in [0.2, 0.25) is 10.0 Å². The summed E-state index contributed by atoms with van der Waals surface area (Å²) in [6, 6.07) is 0. The Morgan fingerprint density at radius 2 is 2.27 bits per heavy atom. The van der Waals surface area contributed by atoms with Crippen LogP contribution in [0.2, 0.25) is 0 Å². The highest BCUT2D eigenvalue weighted by atomic mass is 32.2. The van der Waals surface area contributed by atoms with Crippen molar-refractivity contribution < 1.29 is 8.42 Å². The first-order valence-electron chi connectivity index (χ1n) is 3.80. The molecule has 1 aliphatic heterocycles. The van der Waals surface area contributed by atoms with Crippen LogP contribution in [0.5, 0.6) is 0 Å². The molecule has 4 nitrogen and oxygen atoms in total. The monoisotopic (exact) mass is 178 g/mol.